The third-order valence-electron chi connectivity index (χ3n) is 4.25. The smallest absolute Gasteiger partial charge is 0.266 e. The molecule has 0 saturated carbocycles. The molecule has 0 spiro atoms. The fraction of sp³-hybridized carbons (Fsp3) is 0.0417. The molecule has 3 rings (SSSR count). The molecule has 6 nitrogen and oxygen atoms in total. The molecule has 166 valence electrons. The van der Waals surface area contributed by atoms with Crippen LogP contribution in [0.25, 0.3) is 6.08 Å². The third-order valence-corrected chi connectivity index (χ3v) is 4.48. The number of nitrogens with zero attached hydrogens (tertiary/aromatic N) is 1. The largest absolute Gasteiger partial charge is 0.483 e. The molecular formula is C24H16ClF2N3O3. The first kappa shape index (κ1) is 23.4. The molecule has 9 heteroatoms. The van der Waals surface area contributed by atoms with Gasteiger partial charge in [-0.3, -0.25) is 9.59 Å². The van der Waals surface area contributed by atoms with Crippen molar-refractivity contribution < 1.29 is 23.1 Å². The number of halogens is 3. The van der Waals surface area contributed by atoms with E-state index in [9.17, 15) is 23.6 Å². The predicted octanol–water partition coefficient (Wildman–Crippen LogP) is 5.18. The van der Waals surface area contributed by atoms with Gasteiger partial charge in [0.2, 0.25) is 0 Å². The number of ether oxygens (including phenoxy) is 1. The monoisotopic (exact) mass is 467 g/mol. The molecule has 33 heavy (non-hydrogen) atoms. The van der Waals surface area contributed by atoms with E-state index in [0.717, 1.165) is 0 Å². The Morgan fingerprint density at radius 2 is 1.76 bits per heavy atom. The third kappa shape index (κ3) is 6.63. The lowest BCUT2D eigenvalue weighted by molar-refractivity contribution is -0.118. The summed E-state index contributed by atoms with van der Waals surface area (Å²) in [5, 5.41) is 14.6. The van der Waals surface area contributed by atoms with E-state index >= 15 is 0 Å². The number of para-hydroxylation sites is 1. The normalized spacial score (nSPS) is 10.8. The van der Waals surface area contributed by atoms with Gasteiger partial charge in [-0.15, -0.1) is 0 Å². The lowest BCUT2D eigenvalue weighted by Gasteiger charge is -2.11. The first-order valence-electron chi connectivity index (χ1n) is 9.51. The van der Waals surface area contributed by atoms with Crippen LogP contribution >= 0.6 is 11.6 Å². The second-order valence-corrected chi connectivity index (χ2v) is 7.07. The Kier molecular flexibility index (Phi) is 7.73. The summed E-state index contributed by atoms with van der Waals surface area (Å²) >= 11 is 6.03. The van der Waals surface area contributed by atoms with Gasteiger partial charge in [-0.05, 0) is 60.7 Å². The molecule has 0 bridgehead atoms. The summed E-state index contributed by atoms with van der Waals surface area (Å²) in [6.45, 7) is -0.458. The van der Waals surface area contributed by atoms with E-state index in [-0.39, 0.29) is 22.6 Å². The molecule has 0 heterocycles. The number of amides is 2. The zero-order valence-corrected chi connectivity index (χ0v) is 17.7. The molecule has 0 aliphatic heterocycles. The summed E-state index contributed by atoms with van der Waals surface area (Å²) in [4.78, 5) is 24.6. The van der Waals surface area contributed by atoms with Gasteiger partial charge in [0.1, 0.15) is 29.0 Å². The van der Waals surface area contributed by atoms with E-state index < -0.39 is 30.1 Å². The van der Waals surface area contributed by atoms with Gasteiger partial charge in [0.15, 0.2) is 6.61 Å². The van der Waals surface area contributed by atoms with Gasteiger partial charge in [0.05, 0.1) is 5.69 Å². The van der Waals surface area contributed by atoms with Crippen molar-refractivity contribution >= 4 is 40.9 Å². The van der Waals surface area contributed by atoms with E-state index in [1.54, 1.807) is 12.1 Å². The summed E-state index contributed by atoms with van der Waals surface area (Å²) in [5.41, 5.74) is 0.302. The maximum absolute atomic E-state index is 13.7. The van der Waals surface area contributed by atoms with Gasteiger partial charge in [-0.25, -0.2) is 8.78 Å². The van der Waals surface area contributed by atoms with Crippen LogP contribution in [0.4, 0.5) is 20.2 Å². The number of hydrogen-bond acceptors (Lipinski definition) is 4. The van der Waals surface area contributed by atoms with Crippen molar-refractivity contribution in [1.82, 2.24) is 0 Å². The average Bonchev–Trinajstić information content (AvgIpc) is 2.79. The van der Waals surface area contributed by atoms with E-state index in [1.807, 2.05) is 0 Å². The Labute approximate surface area is 193 Å². The highest BCUT2D eigenvalue weighted by Gasteiger charge is 2.13. The average molecular weight is 468 g/mol. The number of hydrogen-bond donors (Lipinski definition) is 2. The number of nitriles is 1. The van der Waals surface area contributed by atoms with Gasteiger partial charge in [0.25, 0.3) is 11.8 Å². The van der Waals surface area contributed by atoms with Crippen LogP contribution in [0, 0.1) is 23.0 Å². The van der Waals surface area contributed by atoms with Crippen molar-refractivity contribution in [3.63, 3.8) is 0 Å². The topological polar surface area (TPSA) is 91.2 Å². The van der Waals surface area contributed by atoms with Crippen molar-refractivity contribution in [2.75, 3.05) is 17.2 Å². The van der Waals surface area contributed by atoms with Crippen molar-refractivity contribution in [1.29, 1.82) is 5.26 Å². The molecular weight excluding hydrogens is 452 g/mol. The molecule has 0 aromatic heterocycles. The number of carbonyl (C=O) groups is 2. The number of benzene rings is 3. The SMILES string of the molecule is N#CC(=Cc1cc(Cl)ccc1OCC(=O)Nc1ccccc1F)C(=O)Nc1ccc(F)cc1. The van der Waals surface area contributed by atoms with Crippen LogP contribution in [0.15, 0.2) is 72.3 Å². The first-order valence-corrected chi connectivity index (χ1v) is 9.89. The van der Waals surface area contributed by atoms with Gasteiger partial charge >= 0.3 is 0 Å². The Hall–Kier alpha value is -4.22. The van der Waals surface area contributed by atoms with Crippen LogP contribution in [0.5, 0.6) is 5.75 Å². The van der Waals surface area contributed by atoms with Crippen LogP contribution in [-0.4, -0.2) is 18.4 Å². The molecule has 2 amide bonds. The molecule has 0 unspecified atom stereocenters. The minimum Gasteiger partial charge on any atom is -0.483 e. The van der Waals surface area contributed by atoms with Gasteiger partial charge < -0.3 is 15.4 Å². The van der Waals surface area contributed by atoms with Crippen LogP contribution < -0.4 is 15.4 Å². The van der Waals surface area contributed by atoms with Crippen LogP contribution in [0.1, 0.15) is 5.56 Å². The van der Waals surface area contributed by atoms with E-state index in [0.29, 0.717) is 10.7 Å². The molecule has 0 atom stereocenters. The summed E-state index contributed by atoms with van der Waals surface area (Å²) in [7, 11) is 0. The quantitative estimate of drug-likeness (QED) is 0.370. The molecule has 0 radical (unpaired) electrons. The number of nitrogens with one attached hydrogen (secondary N) is 2. The molecule has 0 aliphatic rings. The lowest BCUT2D eigenvalue weighted by atomic mass is 10.1. The van der Waals surface area contributed by atoms with Crippen molar-refractivity contribution in [3.8, 4) is 11.8 Å². The Bertz CT molecular complexity index is 1250. The molecule has 2 N–H and O–H groups in total. The molecule has 0 aliphatic carbocycles. The first-order chi connectivity index (χ1) is 15.9. The van der Waals surface area contributed by atoms with E-state index in [1.165, 1.54) is 66.7 Å². The Morgan fingerprint density at radius 3 is 2.45 bits per heavy atom. The Balaban J connectivity index is 1.75. The molecule has 0 fully saturated rings. The van der Waals surface area contributed by atoms with Crippen molar-refractivity contribution in [2.24, 2.45) is 0 Å². The fourth-order valence-corrected chi connectivity index (χ4v) is 2.87. The summed E-state index contributed by atoms with van der Waals surface area (Å²) in [5.74, 6) is -2.23. The zero-order chi connectivity index (χ0) is 23.8. The zero-order valence-electron chi connectivity index (χ0n) is 16.9. The standard InChI is InChI=1S/C24H16ClF2N3O3/c25-17-5-10-22(33-14-23(31)30-21-4-2-1-3-20(21)27)15(12-17)11-16(13-28)24(32)29-19-8-6-18(26)7-9-19/h1-12H,14H2,(H,29,32)(H,30,31). The lowest BCUT2D eigenvalue weighted by Crippen LogP contribution is -2.21. The molecule has 3 aromatic carbocycles. The fourth-order valence-electron chi connectivity index (χ4n) is 2.69. The predicted molar refractivity (Wildman–Crippen MR) is 121 cm³/mol. The molecule has 3 aromatic rings. The number of carbonyl (C=O) groups excluding carboxylic acids is 2. The number of rotatable bonds is 7. The molecule has 0 saturated heterocycles. The maximum Gasteiger partial charge on any atom is 0.266 e. The van der Waals surface area contributed by atoms with E-state index in [4.69, 9.17) is 16.3 Å². The van der Waals surface area contributed by atoms with Crippen LogP contribution in [0.3, 0.4) is 0 Å². The van der Waals surface area contributed by atoms with Crippen LogP contribution in [-0.2, 0) is 9.59 Å². The van der Waals surface area contributed by atoms with Crippen molar-refractivity contribution in [3.05, 3.63) is 94.5 Å². The van der Waals surface area contributed by atoms with Crippen LogP contribution in [0.2, 0.25) is 5.02 Å². The Morgan fingerprint density at radius 1 is 1.03 bits per heavy atom. The van der Waals surface area contributed by atoms with Crippen molar-refractivity contribution in [2.45, 2.75) is 0 Å². The maximum atomic E-state index is 13.7. The summed E-state index contributed by atoms with van der Waals surface area (Å²) in [6, 6.07) is 16.9. The highest BCUT2D eigenvalue weighted by Crippen LogP contribution is 2.26. The highest BCUT2D eigenvalue weighted by atomic mass is 35.5. The minimum absolute atomic E-state index is 0.00607. The van der Waals surface area contributed by atoms with Gasteiger partial charge in [-0.1, -0.05) is 23.7 Å². The summed E-state index contributed by atoms with van der Waals surface area (Å²) in [6.07, 6.45) is 1.24. The number of anilines is 2. The van der Waals surface area contributed by atoms with E-state index in [2.05, 4.69) is 10.6 Å². The summed E-state index contributed by atoms with van der Waals surface area (Å²) < 4.78 is 32.2. The second kappa shape index (κ2) is 10.9. The minimum atomic E-state index is -0.729. The van der Waals surface area contributed by atoms with Gasteiger partial charge in [0, 0.05) is 16.3 Å². The highest BCUT2D eigenvalue weighted by molar-refractivity contribution is 6.30. The van der Waals surface area contributed by atoms with Gasteiger partial charge in [-0.2, -0.15) is 5.26 Å². The second-order valence-electron chi connectivity index (χ2n) is 6.63.